The molecular weight excluding hydrogens is 348 g/mol. The first-order valence-corrected chi connectivity index (χ1v) is 10.6. The predicted molar refractivity (Wildman–Crippen MR) is 92.8 cm³/mol. The Kier molecular flexibility index (Phi) is 4.82. The van der Waals surface area contributed by atoms with E-state index < -0.39 is 9.84 Å². The van der Waals surface area contributed by atoms with Gasteiger partial charge in [-0.15, -0.1) is 10.2 Å². The van der Waals surface area contributed by atoms with Gasteiger partial charge < -0.3 is 4.90 Å². The molecule has 2 aromatic rings. The minimum Gasteiger partial charge on any atom is -0.338 e. The summed E-state index contributed by atoms with van der Waals surface area (Å²) in [5.74, 6) is 0.174. The van der Waals surface area contributed by atoms with Crippen molar-refractivity contribution < 1.29 is 13.2 Å². The van der Waals surface area contributed by atoms with Crippen molar-refractivity contribution in [3.05, 3.63) is 24.4 Å². The Morgan fingerprint density at radius 2 is 2.25 bits per heavy atom. The average Bonchev–Trinajstić information content (AvgIpc) is 3.12. The molecule has 2 atom stereocenters. The molecule has 0 aliphatic carbocycles. The molecular formula is C15H20N4O3S2. The van der Waals surface area contributed by atoms with Gasteiger partial charge in [-0.3, -0.25) is 9.20 Å². The van der Waals surface area contributed by atoms with Gasteiger partial charge in [-0.25, -0.2) is 8.42 Å². The number of aromatic nitrogens is 3. The van der Waals surface area contributed by atoms with E-state index in [9.17, 15) is 13.2 Å². The van der Waals surface area contributed by atoms with E-state index in [0.717, 1.165) is 5.65 Å². The Labute approximate surface area is 145 Å². The van der Waals surface area contributed by atoms with E-state index in [2.05, 4.69) is 10.2 Å². The van der Waals surface area contributed by atoms with Crippen molar-refractivity contribution in [3.63, 3.8) is 0 Å². The predicted octanol–water partition coefficient (Wildman–Crippen LogP) is 1.25. The fraction of sp³-hybridized carbons (Fsp3) is 0.533. The molecule has 9 heteroatoms. The molecule has 0 spiro atoms. The van der Waals surface area contributed by atoms with Gasteiger partial charge in [0.15, 0.2) is 20.6 Å². The molecule has 1 fully saturated rings. The number of carbonyl (C=O) groups excluding carboxylic acids is 1. The average molecular weight is 368 g/mol. The van der Waals surface area contributed by atoms with E-state index in [1.54, 1.807) is 4.90 Å². The third-order valence-corrected chi connectivity index (χ3v) is 6.98. The topological polar surface area (TPSA) is 84.6 Å². The van der Waals surface area contributed by atoms with Gasteiger partial charge in [0.25, 0.3) is 0 Å². The number of carbonyl (C=O) groups is 1. The van der Waals surface area contributed by atoms with E-state index in [0.29, 0.717) is 18.1 Å². The second-order valence-corrected chi connectivity index (χ2v) is 9.39. The smallest absolute Gasteiger partial charge is 0.236 e. The zero-order chi connectivity index (χ0) is 17.3. The third kappa shape index (κ3) is 3.41. The summed E-state index contributed by atoms with van der Waals surface area (Å²) in [7, 11) is -3.02. The zero-order valence-electron chi connectivity index (χ0n) is 13.6. The maximum Gasteiger partial charge on any atom is 0.236 e. The highest BCUT2D eigenvalue weighted by Crippen LogP contribution is 2.26. The van der Waals surface area contributed by atoms with Gasteiger partial charge >= 0.3 is 0 Å². The number of fused-ring (bicyclic) bond motifs is 1. The molecule has 1 aliphatic heterocycles. The number of nitrogens with zero attached hydrogens (tertiary/aromatic N) is 4. The Hall–Kier alpha value is -1.61. The molecule has 3 rings (SSSR count). The summed E-state index contributed by atoms with van der Waals surface area (Å²) in [5, 5.41) is 8.51. The summed E-state index contributed by atoms with van der Waals surface area (Å²) in [6.45, 7) is 4.21. The number of sulfone groups is 1. The lowest BCUT2D eigenvalue weighted by molar-refractivity contribution is -0.131. The molecule has 1 amide bonds. The fourth-order valence-electron chi connectivity index (χ4n) is 2.96. The van der Waals surface area contributed by atoms with Gasteiger partial charge in [0, 0.05) is 18.8 Å². The van der Waals surface area contributed by atoms with Crippen LogP contribution in [0.15, 0.2) is 29.6 Å². The minimum absolute atomic E-state index is 0.0581. The summed E-state index contributed by atoms with van der Waals surface area (Å²) < 4.78 is 25.2. The van der Waals surface area contributed by atoms with Crippen LogP contribution in [0.1, 0.15) is 20.3 Å². The van der Waals surface area contributed by atoms with Crippen molar-refractivity contribution in [3.8, 4) is 0 Å². The quantitative estimate of drug-likeness (QED) is 0.739. The number of thioether (sulfide) groups is 1. The first kappa shape index (κ1) is 17.2. The summed E-state index contributed by atoms with van der Waals surface area (Å²) in [5.41, 5.74) is 0.730. The number of hydrogen-bond acceptors (Lipinski definition) is 6. The molecule has 1 saturated heterocycles. The standard InChI is InChI=1S/C15H20N4O3S2/c1-3-18(12-7-9-24(21,22)10-12)14(20)11(2)23-15-17-16-13-6-4-5-8-19(13)15/h4-6,8,11-12H,3,7,9-10H2,1-2H3/t11-,12+/m1/s1. The SMILES string of the molecule is CCN(C(=O)[C@@H](C)Sc1nnc2ccccn12)[C@H]1CCS(=O)(=O)C1. The van der Waals surface area contributed by atoms with Crippen molar-refractivity contribution in [1.29, 1.82) is 0 Å². The van der Waals surface area contributed by atoms with Crippen LogP contribution >= 0.6 is 11.8 Å². The molecule has 0 unspecified atom stereocenters. The fourth-order valence-corrected chi connectivity index (χ4v) is 5.60. The van der Waals surface area contributed by atoms with E-state index in [1.165, 1.54) is 11.8 Å². The van der Waals surface area contributed by atoms with E-state index in [4.69, 9.17) is 0 Å². The Morgan fingerprint density at radius 3 is 2.92 bits per heavy atom. The van der Waals surface area contributed by atoms with Crippen LogP contribution in [0.2, 0.25) is 0 Å². The highest BCUT2D eigenvalue weighted by molar-refractivity contribution is 8.00. The number of amides is 1. The number of hydrogen-bond donors (Lipinski definition) is 0. The number of pyridine rings is 1. The molecule has 0 aromatic carbocycles. The largest absolute Gasteiger partial charge is 0.338 e. The van der Waals surface area contributed by atoms with Gasteiger partial charge in [-0.2, -0.15) is 0 Å². The number of rotatable bonds is 5. The van der Waals surface area contributed by atoms with Crippen molar-refractivity contribution >= 4 is 33.2 Å². The highest BCUT2D eigenvalue weighted by atomic mass is 32.2. The van der Waals surface area contributed by atoms with E-state index in [1.807, 2.05) is 42.6 Å². The molecule has 0 radical (unpaired) electrons. The zero-order valence-corrected chi connectivity index (χ0v) is 15.3. The van der Waals surface area contributed by atoms with Crippen LogP contribution in [0.4, 0.5) is 0 Å². The van der Waals surface area contributed by atoms with Gasteiger partial charge in [-0.1, -0.05) is 17.8 Å². The highest BCUT2D eigenvalue weighted by Gasteiger charge is 2.35. The Balaban J connectivity index is 1.73. The molecule has 0 N–H and O–H groups in total. The van der Waals surface area contributed by atoms with Crippen LogP contribution in [0.25, 0.3) is 5.65 Å². The molecule has 0 bridgehead atoms. The second-order valence-electron chi connectivity index (χ2n) is 5.85. The van der Waals surface area contributed by atoms with Crippen LogP contribution in [-0.2, 0) is 14.6 Å². The van der Waals surface area contributed by atoms with E-state index >= 15 is 0 Å². The molecule has 0 saturated carbocycles. The molecule has 2 aromatic heterocycles. The van der Waals surface area contributed by atoms with Gasteiger partial charge in [0.1, 0.15) is 0 Å². The lowest BCUT2D eigenvalue weighted by Crippen LogP contribution is -2.44. The molecule has 24 heavy (non-hydrogen) atoms. The Bertz CT molecular complexity index is 849. The molecule has 1 aliphatic rings. The lowest BCUT2D eigenvalue weighted by Gasteiger charge is -2.29. The van der Waals surface area contributed by atoms with Crippen LogP contribution in [0.3, 0.4) is 0 Å². The lowest BCUT2D eigenvalue weighted by atomic mass is 10.2. The summed E-state index contributed by atoms with van der Waals surface area (Å²) in [4.78, 5) is 14.5. The Morgan fingerprint density at radius 1 is 1.46 bits per heavy atom. The van der Waals surface area contributed by atoms with Crippen LogP contribution < -0.4 is 0 Å². The van der Waals surface area contributed by atoms with Crippen LogP contribution in [0, 0.1) is 0 Å². The maximum atomic E-state index is 12.8. The first-order chi connectivity index (χ1) is 11.4. The van der Waals surface area contributed by atoms with Gasteiger partial charge in [0.2, 0.25) is 5.91 Å². The third-order valence-electron chi connectivity index (χ3n) is 4.19. The van der Waals surface area contributed by atoms with Gasteiger partial charge in [-0.05, 0) is 32.4 Å². The van der Waals surface area contributed by atoms with Crippen molar-refractivity contribution in [2.24, 2.45) is 0 Å². The first-order valence-electron chi connectivity index (χ1n) is 7.88. The van der Waals surface area contributed by atoms with Crippen molar-refractivity contribution in [1.82, 2.24) is 19.5 Å². The van der Waals surface area contributed by atoms with Crippen molar-refractivity contribution in [2.45, 2.75) is 36.7 Å². The molecule has 130 valence electrons. The molecule has 7 nitrogen and oxygen atoms in total. The van der Waals surface area contributed by atoms with Crippen LogP contribution in [0.5, 0.6) is 0 Å². The summed E-state index contributed by atoms with van der Waals surface area (Å²) in [6.07, 6.45) is 2.38. The van der Waals surface area contributed by atoms with Crippen LogP contribution in [-0.4, -0.2) is 63.2 Å². The summed E-state index contributed by atoms with van der Waals surface area (Å²) >= 11 is 1.34. The minimum atomic E-state index is -3.02. The monoisotopic (exact) mass is 368 g/mol. The normalized spacial score (nSPS) is 21.0. The second kappa shape index (κ2) is 6.72. The van der Waals surface area contributed by atoms with Gasteiger partial charge in [0.05, 0.1) is 16.8 Å². The van der Waals surface area contributed by atoms with Crippen molar-refractivity contribution in [2.75, 3.05) is 18.1 Å². The van der Waals surface area contributed by atoms with E-state index in [-0.39, 0.29) is 28.7 Å². The molecule has 3 heterocycles. The maximum absolute atomic E-state index is 12.8. The summed E-state index contributed by atoms with van der Waals surface area (Å²) in [6, 6.07) is 5.40.